The number of carbonyl (C=O) groups is 1. The topological polar surface area (TPSA) is 73.6 Å². The molecule has 2 aromatic carbocycles. The van der Waals surface area contributed by atoms with E-state index in [0.717, 1.165) is 28.3 Å². The molecule has 3 rings (SSSR count). The van der Waals surface area contributed by atoms with Gasteiger partial charge in [0.05, 0.1) is 18.8 Å². The second-order valence-corrected chi connectivity index (χ2v) is 8.32. The summed E-state index contributed by atoms with van der Waals surface area (Å²) in [4.78, 5) is 16.4. The van der Waals surface area contributed by atoms with E-state index in [2.05, 4.69) is 10.3 Å². The maximum absolute atomic E-state index is 11.8. The number of oxazole rings is 1. The number of aryl methyl sites for hydroxylation is 1. The molecule has 6 heteroatoms. The number of nitrogens with one attached hydrogen (secondary N) is 1. The first-order valence-corrected chi connectivity index (χ1v) is 10.5. The Morgan fingerprint density at radius 3 is 2.56 bits per heavy atom. The first kappa shape index (κ1) is 25.1. The fourth-order valence-corrected chi connectivity index (χ4v) is 3.06. The van der Waals surface area contributed by atoms with Gasteiger partial charge in [-0.25, -0.2) is 4.98 Å². The molecule has 6 nitrogen and oxygen atoms in total. The van der Waals surface area contributed by atoms with E-state index in [0.29, 0.717) is 25.5 Å². The summed E-state index contributed by atoms with van der Waals surface area (Å²) < 4.78 is 17.0. The fourth-order valence-electron chi connectivity index (χ4n) is 3.06. The van der Waals surface area contributed by atoms with Crippen molar-refractivity contribution in [1.29, 1.82) is 0 Å². The number of carbonyl (C=O) groups excluding carboxylic acids is 1. The minimum absolute atomic E-state index is 0. The molecule has 0 spiro atoms. The molecule has 0 bridgehead atoms. The van der Waals surface area contributed by atoms with Crippen LogP contribution in [-0.2, 0) is 22.5 Å². The molecule has 0 aliphatic carbocycles. The Morgan fingerprint density at radius 1 is 1.09 bits per heavy atom. The third kappa shape index (κ3) is 7.85. The first-order chi connectivity index (χ1) is 14.8. The molecule has 0 saturated carbocycles. The summed E-state index contributed by atoms with van der Waals surface area (Å²) in [7, 11) is 0. The van der Waals surface area contributed by atoms with Crippen LogP contribution in [0.25, 0.3) is 11.5 Å². The van der Waals surface area contributed by atoms with Gasteiger partial charge in [-0.2, -0.15) is 0 Å². The standard InChI is InChI=1S/C25H30N2O4.CH4/c1-18-22(27-24(30-18)20-10-6-5-7-11-20)13-14-29-21-12-8-9-19(15-21)16-26-17-23(28)31-25(2,3)4;/h5-12,15,26H,13-14,16-17H2,1-4H3;1H4. The average molecular weight is 439 g/mol. The molecule has 0 fully saturated rings. The maximum atomic E-state index is 11.8. The Bertz CT molecular complexity index is 991. The van der Waals surface area contributed by atoms with E-state index < -0.39 is 5.60 Å². The Morgan fingerprint density at radius 2 is 1.84 bits per heavy atom. The van der Waals surface area contributed by atoms with Crippen molar-refractivity contribution in [3.63, 3.8) is 0 Å². The van der Waals surface area contributed by atoms with Gasteiger partial charge in [-0.05, 0) is 57.5 Å². The van der Waals surface area contributed by atoms with Crippen molar-refractivity contribution in [1.82, 2.24) is 10.3 Å². The highest BCUT2D eigenvalue weighted by Gasteiger charge is 2.15. The number of esters is 1. The molecule has 172 valence electrons. The minimum Gasteiger partial charge on any atom is -0.493 e. The summed E-state index contributed by atoms with van der Waals surface area (Å²) in [6, 6.07) is 17.7. The Hall–Kier alpha value is -3.12. The summed E-state index contributed by atoms with van der Waals surface area (Å²) in [5.41, 5.74) is 2.42. The van der Waals surface area contributed by atoms with Gasteiger partial charge in [-0.15, -0.1) is 0 Å². The molecule has 0 saturated heterocycles. The third-order valence-corrected chi connectivity index (χ3v) is 4.44. The van der Waals surface area contributed by atoms with E-state index in [-0.39, 0.29) is 19.9 Å². The molecule has 0 aliphatic heterocycles. The molecule has 3 aromatic rings. The lowest BCUT2D eigenvalue weighted by molar-refractivity contribution is -0.153. The van der Waals surface area contributed by atoms with Gasteiger partial charge in [-0.3, -0.25) is 4.79 Å². The van der Waals surface area contributed by atoms with E-state index >= 15 is 0 Å². The van der Waals surface area contributed by atoms with Crippen LogP contribution >= 0.6 is 0 Å². The van der Waals surface area contributed by atoms with Gasteiger partial charge in [0, 0.05) is 18.5 Å². The van der Waals surface area contributed by atoms with E-state index in [1.807, 2.05) is 82.3 Å². The Kier molecular flexibility index (Phi) is 9.02. The molecule has 32 heavy (non-hydrogen) atoms. The second-order valence-electron chi connectivity index (χ2n) is 8.32. The molecule has 0 radical (unpaired) electrons. The highest BCUT2D eigenvalue weighted by Crippen LogP contribution is 2.22. The zero-order valence-electron chi connectivity index (χ0n) is 18.6. The number of hydrogen-bond donors (Lipinski definition) is 1. The molecule has 1 heterocycles. The van der Waals surface area contributed by atoms with Gasteiger partial charge in [-0.1, -0.05) is 37.8 Å². The van der Waals surface area contributed by atoms with Crippen molar-refractivity contribution in [2.24, 2.45) is 0 Å². The van der Waals surface area contributed by atoms with E-state index in [1.165, 1.54) is 0 Å². The predicted octanol–water partition coefficient (Wildman–Crippen LogP) is 5.34. The van der Waals surface area contributed by atoms with Gasteiger partial charge in [0.2, 0.25) is 5.89 Å². The molecular weight excluding hydrogens is 404 g/mol. The van der Waals surface area contributed by atoms with Crippen LogP contribution in [0.2, 0.25) is 0 Å². The lowest BCUT2D eigenvalue weighted by atomic mass is 10.2. The van der Waals surface area contributed by atoms with Gasteiger partial charge in [0.1, 0.15) is 17.1 Å². The van der Waals surface area contributed by atoms with Crippen LogP contribution in [0.1, 0.15) is 45.2 Å². The average Bonchev–Trinajstić information content (AvgIpc) is 3.08. The molecule has 1 N–H and O–H groups in total. The predicted molar refractivity (Wildman–Crippen MR) is 127 cm³/mol. The lowest BCUT2D eigenvalue weighted by Gasteiger charge is -2.19. The third-order valence-electron chi connectivity index (χ3n) is 4.44. The van der Waals surface area contributed by atoms with Gasteiger partial charge < -0.3 is 19.2 Å². The van der Waals surface area contributed by atoms with Gasteiger partial charge in [0.25, 0.3) is 0 Å². The highest BCUT2D eigenvalue weighted by molar-refractivity contribution is 5.72. The molecule has 0 amide bonds. The molecule has 0 atom stereocenters. The highest BCUT2D eigenvalue weighted by atomic mass is 16.6. The number of aromatic nitrogens is 1. The lowest BCUT2D eigenvalue weighted by Crippen LogP contribution is -2.31. The monoisotopic (exact) mass is 438 g/mol. The van der Waals surface area contributed by atoms with Crippen LogP contribution in [-0.4, -0.2) is 29.7 Å². The smallest absolute Gasteiger partial charge is 0.320 e. The number of hydrogen-bond acceptors (Lipinski definition) is 6. The summed E-state index contributed by atoms with van der Waals surface area (Å²) in [5, 5.41) is 3.11. The van der Waals surface area contributed by atoms with Crippen LogP contribution < -0.4 is 10.1 Å². The second kappa shape index (κ2) is 11.5. The first-order valence-electron chi connectivity index (χ1n) is 10.5. The fraction of sp³-hybridized carbons (Fsp3) is 0.385. The summed E-state index contributed by atoms with van der Waals surface area (Å²) in [6.45, 7) is 8.71. The van der Waals surface area contributed by atoms with Crippen LogP contribution in [0.15, 0.2) is 59.0 Å². The van der Waals surface area contributed by atoms with Crippen molar-refractivity contribution in [3.8, 4) is 17.2 Å². The zero-order chi connectivity index (χ0) is 22.3. The van der Waals surface area contributed by atoms with Crippen molar-refractivity contribution < 1.29 is 18.7 Å². The maximum Gasteiger partial charge on any atom is 0.320 e. The van der Waals surface area contributed by atoms with Gasteiger partial charge >= 0.3 is 5.97 Å². The largest absolute Gasteiger partial charge is 0.493 e. The van der Waals surface area contributed by atoms with Crippen LogP contribution in [0.5, 0.6) is 5.75 Å². The minimum atomic E-state index is -0.476. The zero-order valence-corrected chi connectivity index (χ0v) is 18.6. The molecule has 0 unspecified atom stereocenters. The molecule has 0 aliphatic rings. The number of ether oxygens (including phenoxy) is 2. The summed E-state index contributed by atoms with van der Waals surface area (Å²) in [5.74, 6) is 1.95. The Labute approximate surface area is 191 Å². The summed E-state index contributed by atoms with van der Waals surface area (Å²) >= 11 is 0. The number of benzene rings is 2. The van der Waals surface area contributed by atoms with E-state index in [1.54, 1.807) is 0 Å². The van der Waals surface area contributed by atoms with Crippen molar-refractivity contribution in [2.75, 3.05) is 13.2 Å². The van der Waals surface area contributed by atoms with Crippen molar-refractivity contribution >= 4 is 5.97 Å². The van der Waals surface area contributed by atoms with E-state index in [9.17, 15) is 4.79 Å². The normalized spacial score (nSPS) is 11.0. The number of rotatable bonds is 9. The quantitative estimate of drug-likeness (QED) is 0.455. The van der Waals surface area contributed by atoms with Crippen molar-refractivity contribution in [3.05, 3.63) is 71.6 Å². The van der Waals surface area contributed by atoms with Crippen LogP contribution in [0.3, 0.4) is 0 Å². The molecule has 1 aromatic heterocycles. The SMILES string of the molecule is C.Cc1oc(-c2ccccc2)nc1CCOc1cccc(CNCC(=O)OC(C)(C)C)c1. The van der Waals surface area contributed by atoms with Crippen molar-refractivity contribution in [2.45, 2.75) is 53.7 Å². The van der Waals surface area contributed by atoms with Gasteiger partial charge in [0.15, 0.2) is 0 Å². The van der Waals surface area contributed by atoms with E-state index in [4.69, 9.17) is 13.9 Å². The van der Waals surface area contributed by atoms with Crippen LogP contribution in [0, 0.1) is 6.92 Å². The number of nitrogens with zero attached hydrogens (tertiary/aromatic N) is 1. The summed E-state index contributed by atoms with van der Waals surface area (Å²) in [6.07, 6.45) is 0.656. The molecular formula is C26H34N2O4. The Balaban J connectivity index is 0.00000363. The van der Waals surface area contributed by atoms with Crippen LogP contribution in [0.4, 0.5) is 0 Å².